The fourth-order valence-electron chi connectivity index (χ4n) is 1.66. The van der Waals surface area contributed by atoms with Gasteiger partial charge in [-0.05, 0) is 11.6 Å². The van der Waals surface area contributed by atoms with Crippen molar-refractivity contribution in [3.05, 3.63) is 5.28 Å². The molecule has 2 heterocycles. The van der Waals surface area contributed by atoms with Crippen LogP contribution in [0.1, 0.15) is 6.42 Å². The molecular weight excluding hydrogens is 248 g/mol. The van der Waals surface area contributed by atoms with Crippen LogP contribution >= 0.6 is 11.6 Å². The number of hydrogen-bond acceptors (Lipinski definition) is 6. The normalized spacial score (nSPS) is 15.5. The molecule has 1 aliphatic heterocycles. The molecule has 0 bridgehead atoms. The molecule has 1 saturated heterocycles. The first-order valence-electron chi connectivity index (χ1n) is 5.01. The molecule has 0 saturated carbocycles. The number of aromatic nitrogens is 3. The molecule has 0 radical (unpaired) electrons. The molecule has 92 valence electrons. The van der Waals surface area contributed by atoms with Gasteiger partial charge in [-0.3, -0.25) is 4.79 Å². The van der Waals surface area contributed by atoms with E-state index < -0.39 is 5.97 Å². The van der Waals surface area contributed by atoms with Crippen molar-refractivity contribution in [1.82, 2.24) is 15.0 Å². The molecule has 0 amide bonds. The summed E-state index contributed by atoms with van der Waals surface area (Å²) in [5, 5.41) is 8.69. The van der Waals surface area contributed by atoms with Crippen LogP contribution in [0, 0.1) is 5.92 Å². The molecule has 0 aromatic carbocycles. The number of hydrogen-bond donors (Lipinski definition) is 1. The first-order valence-corrected chi connectivity index (χ1v) is 5.38. The van der Waals surface area contributed by atoms with Gasteiger partial charge < -0.3 is 14.7 Å². The van der Waals surface area contributed by atoms with Gasteiger partial charge in [0.2, 0.25) is 11.2 Å². The zero-order valence-corrected chi connectivity index (χ0v) is 9.89. The summed E-state index contributed by atoms with van der Waals surface area (Å²) >= 11 is 5.71. The molecule has 2 rings (SSSR count). The zero-order chi connectivity index (χ0) is 12.4. The molecule has 0 spiro atoms. The summed E-state index contributed by atoms with van der Waals surface area (Å²) in [6.45, 7) is 1.21. The maximum atomic E-state index is 10.5. The summed E-state index contributed by atoms with van der Waals surface area (Å²) in [5.74, 6) is -0.238. The lowest BCUT2D eigenvalue weighted by molar-refractivity contribution is -0.138. The Morgan fingerprint density at radius 3 is 2.82 bits per heavy atom. The fourth-order valence-corrected chi connectivity index (χ4v) is 1.81. The number of carbonyl (C=O) groups is 1. The predicted molar refractivity (Wildman–Crippen MR) is 59.3 cm³/mol. The molecule has 0 aliphatic carbocycles. The van der Waals surface area contributed by atoms with E-state index in [-0.39, 0.29) is 23.6 Å². The largest absolute Gasteiger partial charge is 0.481 e. The predicted octanol–water partition coefficient (Wildman–Crippen LogP) is 0.444. The van der Waals surface area contributed by atoms with Gasteiger partial charge in [0, 0.05) is 19.0 Å². The van der Waals surface area contributed by atoms with Crippen LogP contribution in [0.15, 0.2) is 0 Å². The van der Waals surface area contributed by atoms with Crippen LogP contribution < -0.4 is 9.64 Å². The summed E-state index contributed by atoms with van der Waals surface area (Å²) in [4.78, 5) is 24.1. The van der Waals surface area contributed by atoms with E-state index in [0.29, 0.717) is 19.0 Å². The average molecular weight is 259 g/mol. The van der Waals surface area contributed by atoms with Crippen LogP contribution in [-0.4, -0.2) is 46.2 Å². The highest BCUT2D eigenvalue weighted by Crippen LogP contribution is 2.25. The van der Waals surface area contributed by atoms with Crippen molar-refractivity contribution in [3.63, 3.8) is 0 Å². The average Bonchev–Trinajstić information content (AvgIpc) is 2.21. The number of carboxylic acids is 1. The Kier molecular flexibility index (Phi) is 3.28. The molecule has 8 heteroatoms. The van der Waals surface area contributed by atoms with E-state index >= 15 is 0 Å². The second-order valence-electron chi connectivity index (χ2n) is 3.76. The minimum Gasteiger partial charge on any atom is -0.481 e. The summed E-state index contributed by atoms with van der Waals surface area (Å²) in [5.41, 5.74) is 0. The second-order valence-corrected chi connectivity index (χ2v) is 4.10. The molecule has 1 fully saturated rings. The number of aliphatic carboxylic acids is 1. The Bertz CT molecular complexity index is 436. The van der Waals surface area contributed by atoms with Crippen LogP contribution in [0.3, 0.4) is 0 Å². The smallest absolute Gasteiger partial charge is 0.322 e. The minimum atomic E-state index is -0.791. The van der Waals surface area contributed by atoms with Crippen LogP contribution in [0.2, 0.25) is 5.28 Å². The third-order valence-corrected chi connectivity index (χ3v) is 2.63. The second kappa shape index (κ2) is 4.70. The first kappa shape index (κ1) is 11.8. The van der Waals surface area contributed by atoms with Gasteiger partial charge in [0.25, 0.3) is 0 Å². The number of rotatable bonds is 4. The molecule has 0 unspecified atom stereocenters. The van der Waals surface area contributed by atoms with E-state index in [1.54, 1.807) is 0 Å². The van der Waals surface area contributed by atoms with E-state index in [1.807, 2.05) is 4.90 Å². The van der Waals surface area contributed by atoms with Crippen LogP contribution in [-0.2, 0) is 4.79 Å². The van der Waals surface area contributed by atoms with E-state index in [9.17, 15) is 4.79 Å². The van der Waals surface area contributed by atoms with Gasteiger partial charge in [-0.25, -0.2) is 0 Å². The van der Waals surface area contributed by atoms with Crippen molar-refractivity contribution in [2.24, 2.45) is 5.92 Å². The highest BCUT2D eigenvalue weighted by atomic mass is 35.5. The van der Waals surface area contributed by atoms with E-state index in [2.05, 4.69) is 15.0 Å². The van der Waals surface area contributed by atoms with E-state index in [4.69, 9.17) is 21.4 Å². The Labute approximate surface area is 102 Å². The van der Waals surface area contributed by atoms with Crippen LogP contribution in [0.25, 0.3) is 0 Å². The Hall–Kier alpha value is -1.63. The quantitative estimate of drug-likeness (QED) is 0.838. The lowest BCUT2D eigenvalue weighted by Crippen LogP contribution is -2.48. The molecule has 1 N–H and O–H groups in total. The first-order chi connectivity index (χ1) is 8.08. The Morgan fingerprint density at radius 1 is 1.53 bits per heavy atom. The number of anilines is 1. The minimum absolute atomic E-state index is 0.0635. The molecule has 1 aliphatic rings. The standard InChI is InChI=1S/C9H11ClN4O3/c1-17-9-12-7(10)11-8(13-9)14-3-5(4-14)2-6(15)16/h5H,2-4H2,1H3,(H,15,16). The van der Waals surface area contributed by atoms with Crippen molar-refractivity contribution in [1.29, 1.82) is 0 Å². The summed E-state index contributed by atoms with van der Waals surface area (Å²) in [6.07, 6.45) is 0.159. The Balaban J connectivity index is 2.01. The molecule has 1 aromatic heterocycles. The lowest BCUT2D eigenvalue weighted by Gasteiger charge is -2.38. The summed E-state index contributed by atoms with van der Waals surface area (Å²) in [6, 6.07) is 0.154. The number of nitrogens with zero attached hydrogens (tertiary/aromatic N) is 4. The monoisotopic (exact) mass is 258 g/mol. The van der Waals surface area contributed by atoms with Crippen molar-refractivity contribution in [3.8, 4) is 6.01 Å². The van der Waals surface area contributed by atoms with E-state index in [0.717, 1.165) is 0 Å². The third kappa shape index (κ3) is 2.73. The number of halogens is 1. The zero-order valence-electron chi connectivity index (χ0n) is 9.13. The third-order valence-electron chi connectivity index (χ3n) is 2.46. The van der Waals surface area contributed by atoms with Gasteiger partial charge in [-0.1, -0.05) is 0 Å². The van der Waals surface area contributed by atoms with Crippen LogP contribution in [0.4, 0.5) is 5.95 Å². The lowest BCUT2D eigenvalue weighted by atomic mass is 9.97. The molecule has 1 aromatic rings. The van der Waals surface area contributed by atoms with Crippen LogP contribution in [0.5, 0.6) is 6.01 Å². The van der Waals surface area contributed by atoms with Gasteiger partial charge in [-0.2, -0.15) is 15.0 Å². The van der Waals surface area contributed by atoms with Crippen molar-refractivity contribution in [2.45, 2.75) is 6.42 Å². The maximum Gasteiger partial charge on any atom is 0.322 e. The topological polar surface area (TPSA) is 88.4 Å². The SMILES string of the molecule is COc1nc(Cl)nc(N2CC(CC(=O)O)C2)n1. The molecule has 17 heavy (non-hydrogen) atoms. The highest BCUT2D eigenvalue weighted by molar-refractivity contribution is 6.28. The number of carboxylic acid groups (broad SMARTS) is 1. The summed E-state index contributed by atoms with van der Waals surface area (Å²) < 4.78 is 4.88. The highest BCUT2D eigenvalue weighted by Gasteiger charge is 2.31. The molecular formula is C9H11ClN4O3. The molecule has 0 atom stereocenters. The summed E-state index contributed by atoms with van der Waals surface area (Å²) in [7, 11) is 1.44. The van der Waals surface area contributed by atoms with E-state index in [1.165, 1.54) is 7.11 Å². The van der Waals surface area contributed by atoms with Gasteiger partial charge in [0.1, 0.15) is 0 Å². The van der Waals surface area contributed by atoms with Gasteiger partial charge in [0.15, 0.2) is 0 Å². The van der Waals surface area contributed by atoms with Crippen molar-refractivity contribution in [2.75, 3.05) is 25.1 Å². The van der Waals surface area contributed by atoms with Gasteiger partial charge in [0.05, 0.1) is 13.5 Å². The fraction of sp³-hybridized carbons (Fsp3) is 0.556. The van der Waals surface area contributed by atoms with Gasteiger partial charge >= 0.3 is 12.0 Å². The number of ether oxygens (including phenoxy) is 1. The number of methoxy groups -OCH3 is 1. The maximum absolute atomic E-state index is 10.5. The molecule has 7 nitrogen and oxygen atoms in total. The van der Waals surface area contributed by atoms with Crippen molar-refractivity contribution < 1.29 is 14.6 Å². The Morgan fingerprint density at radius 2 is 2.24 bits per heavy atom. The van der Waals surface area contributed by atoms with Gasteiger partial charge in [-0.15, -0.1) is 0 Å². The van der Waals surface area contributed by atoms with Crippen molar-refractivity contribution >= 4 is 23.5 Å².